The first kappa shape index (κ1) is 33.5. The molecule has 1 fully saturated rings. The average Bonchev–Trinajstić information content (AvgIpc) is 3.12. The highest BCUT2D eigenvalue weighted by atomic mass is 16.6. The van der Waals surface area contributed by atoms with Gasteiger partial charge in [0.1, 0.15) is 36.6 Å². The zero-order chi connectivity index (χ0) is 31.8. The molecular formula is C40H44O6. The topological polar surface area (TPSA) is 55.4 Å². The molecule has 6 heteroatoms. The molecule has 1 aliphatic rings. The van der Waals surface area contributed by atoms with Crippen LogP contribution in [0.1, 0.15) is 22.3 Å². The fourth-order valence-electron chi connectivity index (χ4n) is 5.68. The van der Waals surface area contributed by atoms with Crippen molar-refractivity contribution in [2.45, 2.75) is 63.1 Å². The lowest BCUT2D eigenvalue weighted by atomic mass is 9.83. The Morgan fingerprint density at radius 2 is 0.565 bits per heavy atom. The first-order chi connectivity index (χ1) is 22.8. The van der Waals surface area contributed by atoms with Crippen LogP contribution in [0.15, 0.2) is 147 Å². The molecule has 0 radical (unpaired) electrons. The fourth-order valence-corrected chi connectivity index (χ4v) is 5.68. The van der Waals surface area contributed by atoms with E-state index in [1.54, 1.807) is 12.2 Å². The molecule has 0 aromatic heterocycles. The summed E-state index contributed by atoms with van der Waals surface area (Å²) in [5, 5.41) is 0. The summed E-state index contributed by atoms with van der Waals surface area (Å²) >= 11 is 0. The Hall–Kier alpha value is -3.88. The molecule has 1 aliphatic carbocycles. The van der Waals surface area contributed by atoms with Gasteiger partial charge in [-0.25, -0.2) is 0 Å². The molecule has 6 atom stereocenters. The zero-order valence-electron chi connectivity index (χ0n) is 26.3. The highest BCUT2D eigenvalue weighted by Crippen LogP contribution is 2.36. The molecule has 240 valence electrons. The quantitative estimate of drug-likeness (QED) is 0.108. The van der Waals surface area contributed by atoms with Crippen LogP contribution in [-0.2, 0) is 54.8 Å². The summed E-state index contributed by atoms with van der Waals surface area (Å²) in [6.07, 6.45) is 0.121. The lowest BCUT2D eigenvalue weighted by Crippen LogP contribution is -2.67. The highest BCUT2D eigenvalue weighted by Gasteiger charge is 2.55. The Morgan fingerprint density at radius 3 is 0.783 bits per heavy atom. The van der Waals surface area contributed by atoms with E-state index >= 15 is 0 Å². The minimum absolute atomic E-state index is 0.302. The Morgan fingerprint density at radius 1 is 0.348 bits per heavy atom. The van der Waals surface area contributed by atoms with Crippen LogP contribution in [0.25, 0.3) is 0 Å². The van der Waals surface area contributed by atoms with Crippen LogP contribution < -0.4 is 0 Å². The van der Waals surface area contributed by atoms with Crippen LogP contribution in [0.4, 0.5) is 0 Å². The summed E-state index contributed by atoms with van der Waals surface area (Å²) in [5.41, 5.74) is 4.16. The van der Waals surface area contributed by atoms with Crippen molar-refractivity contribution < 1.29 is 28.4 Å². The molecule has 0 heterocycles. The van der Waals surface area contributed by atoms with Crippen molar-refractivity contribution in [3.8, 4) is 0 Å². The van der Waals surface area contributed by atoms with E-state index in [0.717, 1.165) is 22.3 Å². The van der Waals surface area contributed by atoms with Gasteiger partial charge in [0.15, 0.2) is 0 Å². The monoisotopic (exact) mass is 620 g/mol. The van der Waals surface area contributed by atoms with Crippen LogP contribution >= 0.6 is 0 Å². The van der Waals surface area contributed by atoms with Gasteiger partial charge in [0, 0.05) is 0 Å². The van der Waals surface area contributed by atoms with Gasteiger partial charge in [-0.3, -0.25) is 0 Å². The van der Waals surface area contributed by atoms with Crippen molar-refractivity contribution in [1.29, 1.82) is 0 Å². The highest BCUT2D eigenvalue weighted by molar-refractivity contribution is 5.17. The summed E-state index contributed by atoms with van der Waals surface area (Å²) in [7, 11) is 0. The number of ether oxygens (including phenoxy) is 6. The molecule has 0 saturated heterocycles. The molecule has 4 aromatic rings. The van der Waals surface area contributed by atoms with Gasteiger partial charge >= 0.3 is 0 Å². The van der Waals surface area contributed by atoms with Gasteiger partial charge in [-0.2, -0.15) is 0 Å². The molecule has 0 N–H and O–H groups in total. The maximum absolute atomic E-state index is 6.76. The van der Waals surface area contributed by atoms with Crippen LogP contribution in [0.3, 0.4) is 0 Å². The van der Waals surface area contributed by atoms with Gasteiger partial charge in [-0.15, -0.1) is 13.2 Å². The predicted molar refractivity (Wildman–Crippen MR) is 180 cm³/mol. The fraction of sp³-hybridized carbons (Fsp3) is 0.300. The molecular weight excluding hydrogens is 576 g/mol. The first-order valence-corrected chi connectivity index (χ1v) is 15.8. The Bertz CT molecular complexity index is 1210. The predicted octanol–water partition coefficient (Wildman–Crippen LogP) is 7.48. The molecule has 0 aliphatic heterocycles. The van der Waals surface area contributed by atoms with Crippen molar-refractivity contribution in [3.05, 3.63) is 169 Å². The van der Waals surface area contributed by atoms with Crippen LogP contribution in [-0.4, -0.2) is 49.8 Å². The summed E-state index contributed by atoms with van der Waals surface area (Å²) < 4.78 is 40.1. The standard InChI is InChI=1S/C40H44O6/c1-3-25-41-35-37(43-27-31-17-9-5-10-18-31)39(45-29-33-21-13-7-14-22-33)36(42-26-4-2)40(46-30-34-23-15-8-16-24-34)38(35)44-28-32-19-11-6-12-20-32/h3-24,35-40H,1-2,25-30H2/t35?,36?,37-,38-,39-,40+/m0/s1. The van der Waals surface area contributed by atoms with E-state index in [0.29, 0.717) is 39.6 Å². The lowest BCUT2D eigenvalue weighted by Gasteiger charge is -2.49. The molecule has 0 bridgehead atoms. The molecule has 1 saturated carbocycles. The van der Waals surface area contributed by atoms with Crippen LogP contribution in [0.5, 0.6) is 0 Å². The molecule has 46 heavy (non-hydrogen) atoms. The second kappa shape index (κ2) is 18.3. The number of rotatable bonds is 18. The van der Waals surface area contributed by atoms with Crippen LogP contribution in [0.2, 0.25) is 0 Å². The van der Waals surface area contributed by atoms with Gasteiger partial charge in [0.25, 0.3) is 0 Å². The summed E-state index contributed by atoms with van der Waals surface area (Å²) in [5.74, 6) is 0. The minimum atomic E-state index is -0.560. The van der Waals surface area contributed by atoms with Crippen molar-refractivity contribution >= 4 is 0 Å². The number of benzene rings is 4. The smallest absolute Gasteiger partial charge is 0.116 e. The van der Waals surface area contributed by atoms with E-state index in [2.05, 4.69) is 13.2 Å². The molecule has 4 aromatic carbocycles. The third kappa shape index (κ3) is 9.56. The summed E-state index contributed by atoms with van der Waals surface area (Å²) in [6, 6.07) is 40.4. The van der Waals surface area contributed by atoms with E-state index in [9.17, 15) is 0 Å². The second-order valence-corrected chi connectivity index (χ2v) is 11.2. The number of hydrogen-bond acceptors (Lipinski definition) is 6. The van der Waals surface area contributed by atoms with E-state index in [1.807, 2.05) is 121 Å². The lowest BCUT2D eigenvalue weighted by molar-refractivity contribution is -0.286. The van der Waals surface area contributed by atoms with E-state index < -0.39 is 36.6 Å². The van der Waals surface area contributed by atoms with E-state index in [-0.39, 0.29) is 0 Å². The van der Waals surface area contributed by atoms with Gasteiger partial charge in [0.2, 0.25) is 0 Å². The normalized spacial score (nSPS) is 22.7. The molecule has 6 nitrogen and oxygen atoms in total. The maximum Gasteiger partial charge on any atom is 0.116 e. The van der Waals surface area contributed by atoms with E-state index in [1.165, 1.54) is 0 Å². The SMILES string of the molecule is C=CCOC1[C@@H](OCc2ccccc2)[C@@H](OCc2ccccc2)C(OCC=C)[C@H](OCc2ccccc2)[C@H]1OCc1ccccc1. The third-order valence-corrected chi connectivity index (χ3v) is 7.90. The first-order valence-electron chi connectivity index (χ1n) is 15.8. The van der Waals surface area contributed by atoms with Crippen molar-refractivity contribution in [2.75, 3.05) is 13.2 Å². The van der Waals surface area contributed by atoms with Crippen molar-refractivity contribution in [2.24, 2.45) is 0 Å². The van der Waals surface area contributed by atoms with Gasteiger partial charge in [0.05, 0.1) is 39.6 Å². The minimum Gasteiger partial charge on any atom is -0.369 e. The van der Waals surface area contributed by atoms with Crippen molar-refractivity contribution in [1.82, 2.24) is 0 Å². The Labute approximate surface area is 273 Å². The Kier molecular flexibility index (Phi) is 13.3. The van der Waals surface area contributed by atoms with Gasteiger partial charge in [-0.05, 0) is 22.3 Å². The molecule has 0 spiro atoms. The second-order valence-electron chi connectivity index (χ2n) is 11.2. The molecule has 5 rings (SSSR count). The Balaban J connectivity index is 1.53. The van der Waals surface area contributed by atoms with E-state index in [4.69, 9.17) is 28.4 Å². The summed E-state index contributed by atoms with van der Waals surface area (Å²) in [4.78, 5) is 0. The number of hydrogen-bond donors (Lipinski definition) is 0. The van der Waals surface area contributed by atoms with Crippen molar-refractivity contribution in [3.63, 3.8) is 0 Å². The zero-order valence-corrected chi connectivity index (χ0v) is 26.3. The van der Waals surface area contributed by atoms with Crippen LogP contribution in [0, 0.1) is 0 Å². The molecule has 0 amide bonds. The molecule has 2 unspecified atom stereocenters. The van der Waals surface area contributed by atoms with Gasteiger partial charge in [-0.1, -0.05) is 133 Å². The summed E-state index contributed by atoms with van der Waals surface area (Å²) in [6.45, 7) is 9.89. The van der Waals surface area contributed by atoms with Gasteiger partial charge < -0.3 is 28.4 Å². The average molecular weight is 621 g/mol. The largest absolute Gasteiger partial charge is 0.369 e. The third-order valence-electron chi connectivity index (χ3n) is 7.90. The maximum atomic E-state index is 6.76.